The minimum absolute atomic E-state index is 0.450. The molecule has 58 heavy (non-hydrogen) atoms. The second-order valence-corrected chi connectivity index (χ2v) is 14.0. The van der Waals surface area contributed by atoms with Crippen LogP contribution in [0.5, 0.6) is 0 Å². The van der Waals surface area contributed by atoms with Crippen LogP contribution in [0.4, 0.5) is 11.4 Å². The summed E-state index contributed by atoms with van der Waals surface area (Å²) in [6.07, 6.45) is 10.9. The molecule has 0 saturated carbocycles. The number of rotatable bonds is 6. The third-order valence-electron chi connectivity index (χ3n) is 10.5. The van der Waals surface area contributed by atoms with Gasteiger partial charge in [-0.1, -0.05) is 72.8 Å². The number of hydrogen-bond donors (Lipinski definition) is 0. The Balaban J connectivity index is 1.12. The van der Waals surface area contributed by atoms with Crippen LogP contribution in [0, 0.1) is 13.1 Å². The maximum Gasteiger partial charge on any atom is 0.177 e. The van der Waals surface area contributed by atoms with E-state index in [4.69, 9.17) is 28.1 Å². The van der Waals surface area contributed by atoms with Gasteiger partial charge >= 0.3 is 0 Å². The molecule has 5 aromatic heterocycles. The molecule has 0 unspecified atom stereocenters. The van der Waals surface area contributed by atoms with Gasteiger partial charge in [-0.15, -0.1) is 0 Å². The molecule has 7 nitrogen and oxygen atoms in total. The molecule has 0 aliphatic heterocycles. The molecule has 0 aliphatic carbocycles. The van der Waals surface area contributed by atoms with Gasteiger partial charge in [0.2, 0.25) is 0 Å². The van der Waals surface area contributed by atoms with Gasteiger partial charge in [-0.25, -0.2) is 14.7 Å². The van der Waals surface area contributed by atoms with E-state index in [0.29, 0.717) is 11.4 Å². The lowest BCUT2D eigenvalue weighted by atomic mass is 9.90. The number of aromatic nitrogens is 5. The van der Waals surface area contributed by atoms with Crippen molar-refractivity contribution in [1.82, 2.24) is 24.9 Å². The summed E-state index contributed by atoms with van der Waals surface area (Å²) in [5.41, 5.74) is 14.3. The van der Waals surface area contributed by atoms with Crippen molar-refractivity contribution in [1.29, 1.82) is 0 Å². The lowest BCUT2D eigenvalue weighted by Crippen LogP contribution is -1.93. The Labute approximate surface area is 334 Å². The molecule has 7 heteroatoms. The largest absolute Gasteiger partial charge is 0.265 e. The van der Waals surface area contributed by atoms with E-state index in [9.17, 15) is 0 Å². The van der Waals surface area contributed by atoms with E-state index in [1.54, 1.807) is 24.7 Å². The van der Waals surface area contributed by atoms with E-state index in [1.807, 2.05) is 79.3 Å². The topological polar surface area (TPSA) is 73.2 Å². The molecular formula is C51H29N7. The van der Waals surface area contributed by atoms with Crippen molar-refractivity contribution < 1.29 is 0 Å². The molecule has 0 fully saturated rings. The zero-order valence-electron chi connectivity index (χ0n) is 30.9. The molecule has 0 saturated heterocycles. The molecule has 268 valence electrons. The monoisotopic (exact) mass is 739 g/mol. The van der Waals surface area contributed by atoms with Gasteiger partial charge in [0.25, 0.3) is 0 Å². The highest BCUT2D eigenvalue weighted by atomic mass is 14.7. The molecular weight excluding hydrogens is 711 g/mol. The van der Waals surface area contributed by atoms with Crippen LogP contribution in [0.3, 0.4) is 0 Å². The molecule has 5 aromatic carbocycles. The molecule has 5 heterocycles. The van der Waals surface area contributed by atoms with Crippen LogP contribution < -0.4 is 0 Å². The Kier molecular flexibility index (Phi) is 8.45. The highest BCUT2D eigenvalue weighted by Crippen LogP contribution is 2.42. The SMILES string of the molecule is [C-]#[N+]c1cc([N+]#[C-])cc(-c2ccc(-c3cc4c5cccnc5c(-c5cccc(-c6cc(-c7ccncc7)nc(-c7cccnc7)c6)c5)cc4c4cccnc34)cc2)c1. The predicted octanol–water partition coefficient (Wildman–Crippen LogP) is 13.2. The average molecular weight is 740 g/mol. The molecule has 0 amide bonds. The van der Waals surface area contributed by atoms with Gasteiger partial charge in [0.05, 0.1) is 35.6 Å². The maximum absolute atomic E-state index is 7.50. The van der Waals surface area contributed by atoms with Crippen LogP contribution in [-0.2, 0) is 0 Å². The first-order valence-corrected chi connectivity index (χ1v) is 18.7. The minimum Gasteiger partial charge on any atom is -0.265 e. The summed E-state index contributed by atoms with van der Waals surface area (Å²) in [5.74, 6) is 0. The zero-order chi connectivity index (χ0) is 39.0. The summed E-state index contributed by atoms with van der Waals surface area (Å²) in [5, 5.41) is 4.28. The van der Waals surface area contributed by atoms with Crippen molar-refractivity contribution in [2.75, 3.05) is 0 Å². The van der Waals surface area contributed by atoms with E-state index >= 15 is 0 Å². The minimum atomic E-state index is 0.450. The molecule has 0 radical (unpaired) electrons. The molecule has 10 aromatic rings. The summed E-state index contributed by atoms with van der Waals surface area (Å²) < 4.78 is 0. The fraction of sp³-hybridized carbons (Fsp3) is 0. The van der Waals surface area contributed by atoms with E-state index < -0.39 is 0 Å². The smallest absolute Gasteiger partial charge is 0.177 e. The fourth-order valence-electron chi connectivity index (χ4n) is 7.77. The number of nitrogens with zero attached hydrogens (tertiary/aromatic N) is 7. The second kappa shape index (κ2) is 14.4. The van der Waals surface area contributed by atoms with Crippen molar-refractivity contribution in [3.63, 3.8) is 0 Å². The first-order valence-electron chi connectivity index (χ1n) is 18.7. The van der Waals surface area contributed by atoms with Crippen molar-refractivity contribution >= 4 is 44.0 Å². The van der Waals surface area contributed by atoms with E-state index in [-0.39, 0.29) is 0 Å². The molecule has 0 spiro atoms. The Morgan fingerprint density at radius 3 is 1.57 bits per heavy atom. The molecule has 0 N–H and O–H groups in total. The highest BCUT2D eigenvalue weighted by molar-refractivity contribution is 6.22. The standard InChI is InChI=1S/C51H29N7/c1-52-40-24-38(25-41(28-40)53-2)32-12-14-33(15-13-32)44-29-46-43-11-6-20-57-51(43)45(30-47(46)42-10-5-19-56-50(42)44)36-8-3-7-35(23-36)39-26-48(34-16-21-54-22-17-34)58-49(27-39)37-9-4-18-55-31-37/h3-31H. The van der Waals surface area contributed by atoms with Crippen molar-refractivity contribution in [2.45, 2.75) is 0 Å². The third kappa shape index (κ3) is 6.16. The average Bonchev–Trinajstić information content (AvgIpc) is 3.31. The van der Waals surface area contributed by atoms with Gasteiger partial charge in [-0.2, -0.15) is 0 Å². The number of hydrogen-bond acceptors (Lipinski definition) is 5. The van der Waals surface area contributed by atoms with Crippen LogP contribution in [0.15, 0.2) is 177 Å². The Morgan fingerprint density at radius 2 is 0.931 bits per heavy atom. The second-order valence-electron chi connectivity index (χ2n) is 14.0. The molecule has 10 rings (SSSR count). The zero-order valence-corrected chi connectivity index (χ0v) is 30.9. The first kappa shape index (κ1) is 34.1. The van der Waals surface area contributed by atoms with Crippen molar-refractivity contribution in [3.8, 4) is 67.0 Å². The van der Waals surface area contributed by atoms with Crippen LogP contribution in [-0.4, -0.2) is 24.9 Å². The van der Waals surface area contributed by atoms with E-state index in [0.717, 1.165) is 99.6 Å². The molecule has 0 aliphatic rings. The van der Waals surface area contributed by atoms with Crippen LogP contribution in [0.1, 0.15) is 0 Å². The predicted molar refractivity (Wildman–Crippen MR) is 233 cm³/mol. The van der Waals surface area contributed by atoms with E-state index in [1.165, 1.54) is 0 Å². The number of pyridine rings is 5. The lowest BCUT2D eigenvalue weighted by Gasteiger charge is -2.16. The fourth-order valence-corrected chi connectivity index (χ4v) is 7.77. The molecule has 0 bridgehead atoms. The third-order valence-corrected chi connectivity index (χ3v) is 10.5. The quantitative estimate of drug-likeness (QED) is 0.125. The Hall–Kier alpha value is -8.39. The normalized spacial score (nSPS) is 11.1. The van der Waals surface area contributed by atoms with Crippen molar-refractivity contribution in [3.05, 3.63) is 200 Å². The van der Waals surface area contributed by atoms with Gasteiger partial charge < -0.3 is 0 Å². The summed E-state index contributed by atoms with van der Waals surface area (Å²) in [4.78, 5) is 30.7. The Morgan fingerprint density at radius 1 is 0.362 bits per heavy atom. The van der Waals surface area contributed by atoms with Gasteiger partial charge in [0.15, 0.2) is 11.4 Å². The molecule has 0 atom stereocenters. The van der Waals surface area contributed by atoms with Gasteiger partial charge in [-0.3, -0.25) is 19.9 Å². The Bertz CT molecular complexity index is 3200. The summed E-state index contributed by atoms with van der Waals surface area (Å²) in [6.45, 7) is 15.0. The number of benzene rings is 5. The van der Waals surface area contributed by atoms with Crippen LogP contribution in [0.2, 0.25) is 0 Å². The van der Waals surface area contributed by atoms with Gasteiger partial charge in [0, 0.05) is 70.2 Å². The lowest BCUT2D eigenvalue weighted by molar-refractivity contribution is 1.27. The van der Waals surface area contributed by atoms with Crippen molar-refractivity contribution in [2.24, 2.45) is 0 Å². The highest BCUT2D eigenvalue weighted by Gasteiger charge is 2.17. The summed E-state index contributed by atoms with van der Waals surface area (Å²) in [6, 6.07) is 47.1. The van der Waals surface area contributed by atoms with E-state index in [2.05, 4.69) is 92.5 Å². The van der Waals surface area contributed by atoms with Crippen LogP contribution in [0.25, 0.3) is 109 Å². The van der Waals surface area contributed by atoms with Gasteiger partial charge in [0.1, 0.15) is 0 Å². The summed E-state index contributed by atoms with van der Waals surface area (Å²) in [7, 11) is 0. The first-order chi connectivity index (χ1) is 28.6. The van der Waals surface area contributed by atoms with Gasteiger partial charge in [-0.05, 0) is 111 Å². The maximum atomic E-state index is 7.50. The van der Waals surface area contributed by atoms with Crippen LogP contribution >= 0.6 is 0 Å². The number of fused-ring (bicyclic) bond motifs is 5. The summed E-state index contributed by atoms with van der Waals surface area (Å²) >= 11 is 0.